The number of carbonyl (C=O) groups is 2. The third kappa shape index (κ3) is 4.93. The smallest absolute Gasteiger partial charge is 0.227 e. The first kappa shape index (κ1) is 22.5. The zero-order valence-corrected chi connectivity index (χ0v) is 18.5. The van der Waals surface area contributed by atoms with Gasteiger partial charge in [-0.05, 0) is 42.7 Å². The Balaban J connectivity index is 1.73. The monoisotopic (exact) mass is 427 g/mol. The Labute approximate surface area is 182 Å². The van der Waals surface area contributed by atoms with Gasteiger partial charge in [-0.2, -0.15) is 0 Å². The zero-order chi connectivity index (χ0) is 22.4. The van der Waals surface area contributed by atoms with Gasteiger partial charge in [0.15, 0.2) is 17.3 Å². The van der Waals surface area contributed by atoms with Gasteiger partial charge in [0.1, 0.15) is 5.75 Å². The highest BCUT2D eigenvalue weighted by molar-refractivity contribution is 6.00. The predicted molar refractivity (Wildman–Crippen MR) is 116 cm³/mol. The average molecular weight is 427 g/mol. The Morgan fingerprint density at radius 1 is 0.935 bits per heavy atom. The molecule has 0 aromatic heterocycles. The highest BCUT2D eigenvalue weighted by Gasteiger charge is 2.30. The van der Waals surface area contributed by atoms with Crippen molar-refractivity contribution in [2.24, 2.45) is 5.92 Å². The number of methoxy groups -OCH3 is 4. The number of hydrogen-bond acceptors (Lipinski definition) is 6. The van der Waals surface area contributed by atoms with Gasteiger partial charge in [-0.3, -0.25) is 9.59 Å². The fourth-order valence-corrected chi connectivity index (χ4v) is 4.01. The molecule has 0 saturated carbocycles. The first-order valence-electron chi connectivity index (χ1n) is 10.3. The average Bonchev–Trinajstić information content (AvgIpc) is 2.82. The van der Waals surface area contributed by atoms with Crippen molar-refractivity contribution < 1.29 is 28.5 Å². The van der Waals surface area contributed by atoms with Crippen molar-refractivity contribution in [2.45, 2.75) is 19.3 Å². The van der Waals surface area contributed by atoms with Crippen LogP contribution < -0.4 is 18.9 Å². The Morgan fingerprint density at radius 2 is 1.58 bits per heavy atom. The second-order valence-electron chi connectivity index (χ2n) is 7.45. The molecule has 0 unspecified atom stereocenters. The van der Waals surface area contributed by atoms with Crippen molar-refractivity contribution in [3.8, 4) is 23.0 Å². The van der Waals surface area contributed by atoms with Gasteiger partial charge in [-0.25, -0.2) is 0 Å². The fraction of sp³-hybridized carbons (Fsp3) is 0.417. The highest BCUT2D eigenvalue weighted by atomic mass is 16.5. The van der Waals surface area contributed by atoms with Crippen LogP contribution in [0.15, 0.2) is 36.4 Å². The maximum absolute atomic E-state index is 13.1. The summed E-state index contributed by atoms with van der Waals surface area (Å²) in [4.78, 5) is 27.9. The molecule has 7 heteroatoms. The lowest BCUT2D eigenvalue weighted by molar-refractivity contribution is -0.131. The zero-order valence-electron chi connectivity index (χ0n) is 18.5. The Hall–Kier alpha value is -3.22. The third-order valence-corrected chi connectivity index (χ3v) is 5.60. The van der Waals surface area contributed by atoms with Crippen LogP contribution in [0.4, 0.5) is 0 Å². The lowest BCUT2D eigenvalue weighted by Crippen LogP contribution is -2.43. The summed E-state index contributed by atoms with van der Waals surface area (Å²) in [7, 11) is 6.18. The molecule has 1 amide bonds. The van der Waals surface area contributed by atoms with E-state index in [0.29, 0.717) is 41.7 Å². The van der Waals surface area contributed by atoms with E-state index in [4.69, 9.17) is 18.9 Å². The molecule has 1 aliphatic rings. The van der Waals surface area contributed by atoms with Crippen molar-refractivity contribution in [3.05, 3.63) is 47.5 Å². The van der Waals surface area contributed by atoms with E-state index in [1.165, 1.54) is 7.11 Å². The van der Waals surface area contributed by atoms with Gasteiger partial charge in [-0.1, -0.05) is 12.1 Å². The van der Waals surface area contributed by atoms with Crippen molar-refractivity contribution in [1.29, 1.82) is 0 Å². The van der Waals surface area contributed by atoms with Crippen molar-refractivity contribution in [1.82, 2.24) is 4.90 Å². The summed E-state index contributed by atoms with van der Waals surface area (Å²) in [5.74, 6) is 1.80. The van der Waals surface area contributed by atoms with E-state index in [2.05, 4.69) is 0 Å². The van der Waals surface area contributed by atoms with E-state index < -0.39 is 0 Å². The molecule has 0 spiro atoms. The number of amides is 1. The molecule has 0 N–H and O–H groups in total. The van der Waals surface area contributed by atoms with Gasteiger partial charge in [0.05, 0.1) is 40.4 Å². The van der Waals surface area contributed by atoms with Crippen LogP contribution >= 0.6 is 0 Å². The summed E-state index contributed by atoms with van der Waals surface area (Å²) in [6.07, 6.45) is 1.73. The van der Waals surface area contributed by atoms with E-state index in [0.717, 1.165) is 18.4 Å². The number of nitrogens with zero attached hydrogens (tertiary/aromatic N) is 1. The number of likely N-dealkylation sites (tertiary alicyclic amines) is 1. The topological polar surface area (TPSA) is 74.3 Å². The molecule has 2 aromatic rings. The van der Waals surface area contributed by atoms with Crippen LogP contribution in [0.2, 0.25) is 0 Å². The standard InChI is InChI=1S/C24H29NO6/c1-28-19-10-6-5-9-18(19)23(27)17-8-7-11-25(15-17)22(26)14-16-12-20(29-2)24(31-4)21(13-16)30-3/h5-6,9-10,12-13,17H,7-8,11,14-15H2,1-4H3/t17-/m0/s1. The minimum absolute atomic E-state index is 0.0164. The van der Waals surface area contributed by atoms with Gasteiger partial charge >= 0.3 is 0 Å². The number of benzene rings is 2. The van der Waals surface area contributed by atoms with Crippen LogP contribution in [0.1, 0.15) is 28.8 Å². The Morgan fingerprint density at radius 3 is 2.19 bits per heavy atom. The molecule has 1 aliphatic heterocycles. The molecule has 7 nitrogen and oxygen atoms in total. The first-order chi connectivity index (χ1) is 15.0. The third-order valence-electron chi connectivity index (χ3n) is 5.60. The Kier molecular flexibility index (Phi) is 7.39. The summed E-state index contributed by atoms with van der Waals surface area (Å²) in [6.45, 7) is 1.04. The molecule has 1 heterocycles. The second kappa shape index (κ2) is 10.2. The van der Waals surface area contributed by atoms with Crippen molar-refractivity contribution >= 4 is 11.7 Å². The van der Waals surface area contributed by atoms with E-state index >= 15 is 0 Å². The lowest BCUT2D eigenvalue weighted by Gasteiger charge is -2.32. The lowest BCUT2D eigenvalue weighted by atomic mass is 9.89. The van der Waals surface area contributed by atoms with E-state index in [9.17, 15) is 9.59 Å². The Bertz CT molecular complexity index is 916. The molecular weight excluding hydrogens is 398 g/mol. The molecule has 1 fully saturated rings. The second-order valence-corrected chi connectivity index (χ2v) is 7.45. The molecule has 0 bridgehead atoms. The molecule has 2 aromatic carbocycles. The van der Waals surface area contributed by atoms with Crippen LogP contribution in [0.25, 0.3) is 0 Å². The van der Waals surface area contributed by atoms with E-state index in [-0.39, 0.29) is 24.0 Å². The number of ether oxygens (including phenoxy) is 4. The highest BCUT2D eigenvalue weighted by Crippen LogP contribution is 2.38. The van der Waals surface area contributed by atoms with Gasteiger partial charge in [0.2, 0.25) is 11.7 Å². The predicted octanol–water partition coefficient (Wildman–Crippen LogP) is 3.39. The first-order valence-corrected chi connectivity index (χ1v) is 10.3. The largest absolute Gasteiger partial charge is 0.496 e. The minimum Gasteiger partial charge on any atom is -0.496 e. The van der Waals surface area contributed by atoms with Gasteiger partial charge in [0.25, 0.3) is 0 Å². The van der Waals surface area contributed by atoms with Crippen LogP contribution in [-0.2, 0) is 11.2 Å². The van der Waals surface area contributed by atoms with Crippen molar-refractivity contribution in [2.75, 3.05) is 41.5 Å². The van der Waals surface area contributed by atoms with Crippen LogP contribution in [0.5, 0.6) is 23.0 Å². The summed E-state index contributed by atoms with van der Waals surface area (Å²) in [5.41, 5.74) is 1.33. The number of ketones is 1. The number of hydrogen-bond donors (Lipinski definition) is 0. The number of rotatable bonds is 8. The molecule has 3 rings (SSSR count). The van der Waals surface area contributed by atoms with Crippen molar-refractivity contribution in [3.63, 3.8) is 0 Å². The molecule has 166 valence electrons. The van der Waals surface area contributed by atoms with Gasteiger partial charge < -0.3 is 23.8 Å². The fourth-order valence-electron chi connectivity index (χ4n) is 4.01. The summed E-state index contributed by atoms with van der Waals surface area (Å²) >= 11 is 0. The molecular formula is C24H29NO6. The maximum Gasteiger partial charge on any atom is 0.227 e. The molecule has 0 radical (unpaired) electrons. The molecule has 1 atom stereocenters. The minimum atomic E-state index is -0.242. The number of piperidine rings is 1. The maximum atomic E-state index is 13.1. The molecule has 31 heavy (non-hydrogen) atoms. The van der Waals surface area contributed by atoms with Crippen LogP contribution in [-0.4, -0.2) is 58.1 Å². The summed E-state index contributed by atoms with van der Waals surface area (Å²) < 4.78 is 21.4. The summed E-state index contributed by atoms with van der Waals surface area (Å²) in [5, 5.41) is 0. The van der Waals surface area contributed by atoms with Gasteiger partial charge in [-0.15, -0.1) is 0 Å². The number of Topliss-reactive ketones (excluding diaryl/α,β-unsaturated/α-hetero) is 1. The number of carbonyl (C=O) groups excluding carboxylic acids is 2. The van der Waals surface area contributed by atoms with E-state index in [1.54, 1.807) is 50.5 Å². The normalized spacial score (nSPS) is 15.9. The van der Waals surface area contributed by atoms with E-state index in [1.807, 2.05) is 12.1 Å². The SMILES string of the molecule is COc1ccccc1C(=O)[C@H]1CCCN(C(=O)Cc2cc(OC)c(OC)c(OC)c2)C1. The summed E-state index contributed by atoms with van der Waals surface area (Å²) in [6, 6.07) is 10.8. The quantitative estimate of drug-likeness (QED) is 0.602. The molecule has 0 aliphatic carbocycles. The molecule has 1 saturated heterocycles. The number of para-hydroxylation sites is 1. The van der Waals surface area contributed by atoms with Crippen LogP contribution in [0, 0.1) is 5.92 Å². The van der Waals surface area contributed by atoms with Crippen LogP contribution in [0.3, 0.4) is 0 Å². The van der Waals surface area contributed by atoms with Gasteiger partial charge in [0, 0.05) is 19.0 Å².